The van der Waals surface area contributed by atoms with Crippen molar-refractivity contribution in [3.05, 3.63) is 41.7 Å². The summed E-state index contributed by atoms with van der Waals surface area (Å²) >= 11 is 1.60. The zero-order valence-electron chi connectivity index (χ0n) is 6.31. The molecule has 1 aromatic rings. The zero-order valence-corrected chi connectivity index (χ0v) is 7.12. The highest BCUT2D eigenvalue weighted by Gasteiger charge is 1.72. The fourth-order valence-electron chi connectivity index (χ4n) is 0.434. The summed E-state index contributed by atoms with van der Waals surface area (Å²) < 4.78 is 0. The number of rotatable bonds is 0. The van der Waals surface area contributed by atoms with Crippen molar-refractivity contribution in [3.63, 3.8) is 0 Å². The van der Waals surface area contributed by atoms with Gasteiger partial charge in [-0.2, -0.15) is 0 Å². The first kappa shape index (κ1) is 10.7. The van der Waals surface area contributed by atoms with Crippen LogP contribution in [0.3, 0.4) is 0 Å². The van der Waals surface area contributed by atoms with Gasteiger partial charge in [-0.3, -0.25) is 4.98 Å². The molecular weight excluding hydrogens is 176 g/mol. The lowest BCUT2D eigenvalue weighted by molar-refractivity contribution is 0.172. The maximum Gasteiger partial charge on any atom is 0.119 e. The van der Waals surface area contributed by atoms with Gasteiger partial charge >= 0.3 is 0 Å². The van der Waals surface area contributed by atoms with Crippen molar-refractivity contribution in [1.29, 1.82) is 0 Å². The molecule has 66 valence electrons. The number of aromatic nitrogens is 1. The molecule has 0 saturated carbocycles. The summed E-state index contributed by atoms with van der Waals surface area (Å²) in [5.74, 6) is 0. The molecule has 0 aromatic carbocycles. The molecule has 0 aliphatic carbocycles. The molecule has 0 amide bonds. The minimum absolute atomic E-state index is 0. The first-order valence-electron chi connectivity index (χ1n) is 3.05. The summed E-state index contributed by atoms with van der Waals surface area (Å²) in [6, 6.07) is 0. The van der Waals surface area contributed by atoms with E-state index in [0.717, 1.165) is 0 Å². The second-order valence-electron chi connectivity index (χ2n) is 1.60. The maximum atomic E-state index is 4.55. The van der Waals surface area contributed by atoms with E-state index >= 15 is 0 Å². The molecule has 0 saturated heterocycles. The van der Waals surface area contributed by atoms with Crippen molar-refractivity contribution in [3.8, 4) is 0 Å². The van der Waals surface area contributed by atoms with Crippen molar-refractivity contribution >= 4 is 11.3 Å². The Bertz CT molecular complexity index is 192. The van der Waals surface area contributed by atoms with Gasteiger partial charge in [0, 0.05) is 17.8 Å². The smallest absolute Gasteiger partial charge is 0.119 e. The first-order valence-corrected chi connectivity index (χ1v) is 3.99. The van der Waals surface area contributed by atoms with Crippen LogP contribution in [0.1, 0.15) is 0 Å². The molecule has 0 radical (unpaired) electrons. The SMILES string of the molecule is C1=CNOC=C1.O.c1cscn1. The van der Waals surface area contributed by atoms with Crippen LogP contribution >= 0.6 is 11.3 Å². The largest absolute Gasteiger partial charge is 0.412 e. The standard InChI is InChI=1S/C4H5NO.C3H3NS.H2O/c1-2-4-6-5-3-1;1-2-5-3-4-1;/h1-5H;1-3H;1H2. The highest BCUT2D eigenvalue weighted by Crippen LogP contribution is 1.85. The lowest BCUT2D eigenvalue weighted by atomic mass is 10.6. The average molecular weight is 186 g/mol. The second-order valence-corrected chi connectivity index (χ2v) is 2.35. The number of nitrogens with zero attached hydrogens (tertiary/aromatic N) is 1. The Morgan fingerprint density at radius 3 is 2.42 bits per heavy atom. The quantitative estimate of drug-likeness (QED) is 0.653. The Balaban J connectivity index is 0.000000189. The van der Waals surface area contributed by atoms with Gasteiger partial charge in [0.15, 0.2) is 0 Å². The van der Waals surface area contributed by atoms with E-state index in [0.29, 0.717) is 0 Å². The first-order chi connectivity index (χ1) is 5.50. The molecule has 0 spiro atoms. The van der Waals surface area contributed by atoms with Gasteiger partial charge < -0.3 is 10.3 Å². The third kappa shape index (κ3) is 5.45. The molecule has 2 heterocycles. The zero-order chi connectivity index (χ0) is 7.78. The summed E-state index contributed by atoms with van der Waals surface area (Å²) in [4.78, 5) is 8.29. The molecule has 1 aliphatic rings. The van der Waals surface area contributed by atoms with E-state index in [-0.39, 0.29) is 5.48 Å². The third-order valence-corrected chi connectivity index (χ3v) is 1.36. The Kier molecular flexibility index (Phi) is 6.91. The molecule has 0 bridgehead atoms. The predicted molar refractivity (Wildman–Crippen MR) is 48.2 cm³/mol. The fourth-order valence-corrected chi connectivity index (χ4v) is 0.785. The van der Waals surface area contributed by atoms with Crippen molar-refractivity contribution in [2.75, 3.05) is 0 Å². The van der Waals surface area contributed by atoms with Gasteiger partial charge in [0.25, 0.3) is 0 Å². The average Bonchev–Trinajstić information content (AvgIpc) is 2.64. The Morgan fingerprint density at radius 2 is 2.25 bits per heavy atom. The molecule has 4 nitrogen and oxygen atoms in total. The lowest BCUT2D eigenvalue weighted by Gasteiger charge is -1.97. The van der Waals surface area contributed by atoms with Crippen LogP contribution in [0.25, 0.3) is 0 Å². The van der Waals surface area contributed by atoms with Crippen LogP contribution < -0.4 is 5.48 Å². The topological polar surface area (TPSA) is 65.7 Å². The Hall–Kier alpha value is -1.33. The molecule has 0 fully saturated rings. The second kappa shape index (κ2) is 7.77. The van der Waals surface area contributed by atoms with Crippen LogP contribution in [-0.2, 0) is 4.84 Å². The molecule has 5 heteroatoms. The number of nitrogens with one attached hydrogen (secondary N) is 1. The molecule has 1 aromatic heterocycles. The van der Waals surface area contributed by atoms with Gasteiger partial charge in [-0.05, 0) is 12.2 Å². The minimum atomic E-state index is 0. The molecule has 3 N–H and O–H groups in total. The fraction of sp³-hybridized carbons (Fsp3) is 0. The van der Waals surface area contributed by atoms with Crippen LogP contribution in [-0.4, -0.2) is 10.5 Å². The predicted octanol–water partition coefficient (Wildman–Crippen LogP) is 0.867. The van der Waals surface area contributed by atoms with E-state index < -0.39 is 0 Å². The molecule has 12 heavy (non-hydrogen) atoms. The summed E-state index contributed by atoms with van der Waals surface area (Å²) in [5.41, 5.74) is 4.31. The van der Waals surface area contributed by atoms with Gasteiger partial charge in [-0.1, -0.05) is 0 Å². The van der Waals surface area contributed by atoms with Gasteiger partial charge in [0.05, 0.1) is 5.51 Å². The van der Waals surface area contributed by atoms with Gasteiger partial charge in [-0.15, -0.1) is 11.3 Å². The van der Waals surface area contributed by atoms with Gasteiger partial charge in [-0.25, -0.2) is 5.48 Å². The third-order valence-electron chi connectivity index (χ3n) is 0.837. The van der Waals surface area contributed by atoms with Crippen LogP contribution in [0.4, 0.5) is 0 Å². The summed E-state index contributed by atoms with van der Waals surface area (Å²) in [6.45, 7) is 0. The van der Waals surface area contributed by atoms with Crippen LogP contribution in [0.15, 0.2) is 41.7 Å². The number of thiazole rings is 1. The molecule has 0 atom stereocenters. The van der Waals surface area contributed by atoms with E-state index in [1.54, 1.807) is 41.6 Å². The molecule has 2 rings (SSSR count). The number of hydroxylamine groups is 1. The molecule has 1 aliphatic heterocycles. The molecule has 0 unspecified atom stereocenters. The maximum absolute atomic E-state index is 4.55. The Labute approximate surface area is 74.5 Å². The van der Waals surface area contributed by atoms with Crippen molar-refractivity contribution in [2.24, 2.45) is 0 Å². The van der Waals surface area contributed by atoms with Gasteiger partial charge in [0.2, 0.25) is 0 Å². The normalized spacial score (nSPS) is 11.3. The van der Waals surface area contributed by atoms with Crippen molar-refractivity contribution in [1.82, 2.24) is 10.5 Å². The highest BCUT2D eigenvalue weighted by atomic mass is 32.1. The van der Waals surface area contributed by atoms with Crippen molar-refractivity contribution < 1.29 is 10.3 Å². The van der Waals surface area contributed by atoms with Crippen LogP contribution in [0.5, 0.6) is 0 Å². The van der Waals surface area contributed by atoms with E-state index in [9.17, 15) is 0 Å². The van der Waals surface area contributed by atoms with Gasteiger partial charge in [0.1, 0.15) is 6.26 Å². The monoisotopic (exact) mass is 186 g/mol. The van der Waals surface area contributed by atoms with Crippen LogP contribution in [0.2, 0.25) is 0 Å². The van der Waals surface area contributed by atoms with E-state index in [4.69, 9.17) is 0 Å². The minimum Gasteiger partial charge on any atom is -0.412 e. The van der Waals surface area contributed by atoms with Crippen molar-refractivity contribution in [2.45, 2.75) is 0 Å². The molecular formula is C7H10N2O2S. The lowest BCUT2D eigenvalue weighted by Crippen LogP contribution is -2.01. The summed E-state index contributed by atoms with van der Waals surface area (Å²) in [6.07, 6.45) is 8.70. The summed E-state index contributed by atoms with van der Waals surface area (Å²) in [5, 5.41) is 1.93. The Morgan fingerprint density at radius 1 is 1.33 bits per heavy atom. The van der Waals surface area contributed by atoms with E-state index in [1.807, 2.05) is 11.5 Å². The van der Waals surface area contributed by atoms with Crippen LogP contribution in [0, 0.1) is 0 Å². The van der Waals surface area contributed by atoms with E-state index in [1.165, 1.54) is 0 Å². The highest BCUT2D eigenvalue weighted by molar-refractivity contribution is 7.07. The number of hydrogen-bond donors (Lipinski definition) is 1. The number of allylic oxidation sites excluding steroid dienone is 2. The summed E-state index contributed by atoms with van der Waals surface area (Å²) in [7, 11) is 0. The number of hydrogen-bond acceptors (Lipinski definition) is 4. The van der Waals surface area contributed by atoms with E-state index in [2.05, 4.69) is 15.3 Å².